The van der Waals surface area contributed by atoms with Gasteiger partial charge in [-0.25, -0.2) is 8.42 Å². The van der Waals surface area contributed by atoms with Gasteiger partial charge in [-0.05, 0) is 6.07 Å². The van der Waals surface area contributed by atoms with Gasteiger partial charge < -0.3 is 4.55 Å². The van der Waals surface area contributed by atoms with Crippen LogP contribution in [0, 0.1) is 20.2 Å². The van der Waals surface area contributed by atoms with Crippen molar-refractivity contribution in [1.29, 1.82) is 0 Å². The van der Waals surface area contributed by atoms with E-state index in [2.05, 4.69) is 0 Å². The summed E-state index contributed by atoms with van der Waals surface area (Å²) in [6, 6.07) is 1.09. The number of nitrogens with zero attached hydrogens (tertiary/aromatic N) is 2. The van der Waals surface area contributed by atoms with Crippen molar-refractivity contribution in [1.82, 2.24) is 0 Å². The SMILES string of the molecule is O=[N+]([O-])c1cc(Cl)cc(S(=O)(=O)[O-])c1[N+](=O)[O-].[Na+]. The van der Waals surface area contributed by atoms with Crippen LogP contribution in [0.15, 0.2) is 17.0 Å². The van der Waals surface area contributed by atoms with E-state index in [1.807, 2.05) is 0 Å². The van der Waals surface area contributed by atoms with Crippen LogP contribution in [-0.2, 0) is 10.1 Å². The molecule has 0 heterocycles. The van der Waals surface area contributed by atoms with Crippen molar-refractivity contribution in [3.05, 3.63) is 37.4 Å². The van der Waals surface area contributed by atoms with Crippen molar-refractivity contribution >= 4 is 33.1 Å². The van der Waals surface area contributed by atoms with Crippen LogP contribution < -0.4 is 29.6 Å². The Morgan fingerprint density at radius 2 is 1.61 bits per heavy atom. The molecule has 1 rings (SSSR count). The molecule has 0 spiro atoms. The van der Waals surface area contributed by atoms with Gasteiger partial charge >= 0.3 is 40.9 Å². The Hall–Kier alpha value is -0.780. The largest absolute Gasteiger partial charge is 1.00 e. The van der Waals surface area contributed by atoms with Gasteiger partial charge in [0, 0.05) is 11.1 Å². The Kier molecular flexibility index (Phi) is 5.65. The second-order valence-electron chi connectivity index (χ2n) is 2.74. The molecule has 0 aliphatic carbocycles. The number of rotatable bonds is 3. The van der Waals surface area contributed by atoms with Crippen LogP contribution in [0.4, 0.5) is 11.4 Å². The Labute approximate surface area is 127 Å². The first-order valence-corrected chi connectivity index (χ1v) is 5.51. The minimum Gasteiger partial charge on any atom is -0.744 e. The summed E-state index contributed by atoms with van der Waals surface area (Å²) in [6.07, 6.45) is 0. The van der Waals surface area contributed by atoms with Gasteiger partial charge in [-0.15, -0.1) is 0 Å². The monoisotopic (exact) mass is 304 g/mol. The Bertz CT molecular complexity index is 617. The van der Waals surface area contributed by atoms with E-state index in [0.717, 1.165) is 0 Å². The summed E-state index contributed by atoms with van der Waals surface area (Å²) in [7, 11) is -5.24. The molecule has 0 unspecified atom stereocenters. The summed E-state index contributed by atoms with van der Waals surface area (Å²) in [5.41, 5.74) is -2.55. The molecule has 9 nitrogen and oxygen atoms in total. The number of hydrogen-bond acceptors (Lipinski definition) is 7. The van der Waals surface area contributed by atoms with Crippen molar-refractivity contribution in [3.8, 4) is 0 Å². The third kappa shape index (κ3) is 3.60. The topological polar surface area (TPSA) is 143 Å². The third-order valence-electron chi connectivity index (χ3n) is 1.67. The molecule has 0 fully saturated rings. The van der Waals surface area contributed by atoms with Crippen molar-refractivity contribution < 1.29 is 52.4 Å². The fourth-order valence-electron chi connectivity index (χ4n) is 1.07. The number of benzene rings is 1. The molecule has 0 aliphatic rings. The first-order valence-electron chi connectivity index (χ1n) is 3.73. The van der Waals surface area contributed by atoms with Gasteiger partial charge in [0.05, 0.1) is 9.85 Å². The van der Waals surface area contributed by atoms with Gasteiger partial charge in [0.1, 0.15) is 15.0 Å². The van der Waals surface area contributed by atoms with Gasteiger partial charge in [-0.2, -0.15) is 0 Å². The minimum absolute atomic E-state index is 0. The molecule has 1 aromatic carbocycles. The molecule has 12 heteroatoms. The van der Waals surface area contributed by atoms with Crippen LogP contribution in [0.3, 0.4) is 0 Å². The smallest absolute Gasteiger partial charge is 0.744 e. The van der Waals surface area contributed by atoms with E-state index in [-0.39, 0.29) is 29.6 Å². The van der Waals surface area contributed by atoms with Crippen LogP contribution in [0.5, 0.6) is 0 Å². The predicted molar refractivity (Wildman–Crippen MR) is 52.7 cm³/mol. The maximum Gasteiger partial charge on any atom is 1.00 e. The number of nitro groups is 2. The molecule has 0 saturated heterocycles. The zero-order chi connectivity index (χ0) is 13.4. The molecule has 0 N–H and O–H groups in total. The molecule has 0 bridgehead atoms. The van der Waals surface area contributed by atoms with Crippen LogP contribution in [0.1, 0.15) is 0 Å². The van der Waals surface area contributed by atoms with Gasteiger partial charge in [0.25, 0.3) is 0 Å². The normalized spacial score (nSPS) is 10.6. The van der Waals surface area contributed by atoms with Gasteiger partial charge in [-0.3, -0.25) is 20.2 Å². The summed E-state index contributed by atoms with van der Waals surface area (Å²) >= 11 is 5.35. The molecule has 0 atom stereocenters. The second-order valence-corrected chi connectivity index (χ2v) is 4.52. The Morgan fingerprint density at radius 1 is 1.11 bits per heavy atom. The third-order valence-corrected chi connectivity index (χ3v) is 2.74. The summed E-state index contributed by atoms with van der Waals surface area (Å²) < 4.78 is 32.2. The fourth-order valence-corrected chi connectivity index (χ4v) is 2.04. The Morgan fingerprint density at radius 3 is 1.94 bits per heavy atom. The zero-order valence-corrected chi connectivity index (χ0v) is 12.3. The zero-order valence-electron chi connectivity index (χ0n) is 8.69. The van der Waals surface area contributed by atoms with Crippen LogP contribution in [0.25, 0.3) is 0 Å². The predicted octanol–water partition coefficient (Wildman–Crippen LogP) is -1.94. The van der Waals surface area contributed by atoms with Crippen LogP contribution in [-0.4, -0.2) is 22.8 Å². The maximum absolute atomic E-state index is 10.7. The van der Waals surface area contributed by atoms with E-state index in [1.54, 1.807) is 0 Å². The van der Waals surface area contributed by atoms with Gasteiger partial charge in [0.2, 0.25) is 0 Å². The van der Waals surface area contributed by atoms with Crippen molar-refractivity contribution in [2.75, 3.05) is 0 Å². The number of halogens is 1. The average molecular weight is 305 g/mol. The first kappa shape index (κ1) is 17.2. The average Bonchev–Trinajstić information content (AvgIpc) is 2.14. The molecule has 0 aliphatic heterocycles. The van der Waals surface area contributed by atoms with E-state index >= 15 is 0 Å². The molecule has 0 saturated carbocycles. The molecular formula is C6H2ClN2NaO7S. The molecule has 18 heavy (non-hydrogen) atoms. The van der Waals surface area contributed by atoms with E-state index in [9.17, 15) is 33.2 Å². The van der Waals surface area contributed by atoms with Crippen LogP contribution >= 0.6 is 11.6 Å². The summed E-state index contributed by atoms with van der Waals surface area (Å²) in [6.45, 7) is 0. The molecule has 92 valence electrons. The standard InChI is InChI=1S/C6H3ClN2O7S.Na/c7-3-1-4(8(10)11)6(9(12)13)5(2-3)17(14,15)16;/h1-2H,(H,14,15,16);/q;+1/p-1. The van der Waals surface area contributed by atoms with Crippen molar-refractivity contribution in [2.45, 2.75) is 4.90 Å². The molecular weight excluding hydrogens is 303 g/mol. The summed E-state index contributed by atoms with van der Waals surface area (Å²) in [5, 5.41) is 20.6. The van der Waals surface area contributed by atoms with Gasteiger partial charge in [0.15, 0.2) is 0 Å². The molecule has 0 radical (unpaired) electrons. The van der Waals surface area contributed by atoms with Gasteiger partial charge in [-0.1, -0.05) is 11.6 Å². The fraction of sp³-hybridized carbons (Fsp3) is 0. The number of hydrogen-bond donors (Lipinski definition) is 0. The Balaban J connectivity index is 0.00000289. The molecule has 1 aromatic rings. The van der Waals surface area contributed by atoms with Crippen molar-refractivity contribution in [2.24, 2.45) is 0 Å². The summed E-state index contributed by atoms with van der Waals surface area (Å²) in [4.78, 5) is 17.2. The molecule has 0 amide bonds. The second kappa shape index (κ2) is 5.91. The summed E-state index contributed by atoms with van der Waals surface area (Å²) in [5.74, 6) is 0. The van der Waals surface area contributed by atoms with E-state index < -0.39 is 41.3 Å². The first-order chi connectivity index (χ1) is 7.64. The molecule has 0 aromatic heterocycles. The minimum atomic E-state index is -5.24. The van der Waals surface area contributed by atoms with E-state index in [1.165, 1.54) is 0 Å². The maximum atomic E-state index is 10.7. The van der Waals surface area contributed by atoms with E-state index in [0.29, 0.717) is 12.1 Å². The van der Waals surface area contributed by atoms with Crippen molar-refractivity contribution in [3.63, 3.8) is 0 Å². The quantitative estimate of drug-likeness (QED) is 0.273. The van der Waals surface area contributed by atoms with E-state index in [4.69, 9.17) is 11.6 Å². The number of nitro benzene ring substituents is 2. The van der Waals surface area contributed by atoms with Crippen LogP contribution in [0.2, 0.25) is 5.02 Å².